The van der Waals surface area contributed by atoms with E-state index in [0.29, 0.717) is 0 Å². The highest BCUT2D eigenvalue weighted by atomic mass is 32.2. The molecule has 0 aliphatic heterocycles. The van der Waals surface area contributed by atoms with E-state index >= 15 is 0 Å². The second-order valence-electron chi connectivity index (χ2n) is 3.17. The number of hydrogen-bond acceptors (Lipinski definition) is 3. The average Bonchev–Trinajstić information content (AvgIpc) is 2.79. The van der Waals surface area contributed by atoms with Crippen molar-refractivity contribution < 1.29 is 5.11 Å². The molecule has 1 heterocycles. The highest BCUT2D eigenvalue weighted by Gasteiger charge is 1.98. The van der Waals surface area contributed by atoms with Crippen LogP contribution in [0, 0.1) is 0 Å². The van der Waals surface area contributed by atoms with E-state index in [1.54, 1.807) is 23.1 Å². The smallest absolute Gasteiger partial charge is 0.0682 e. The number of rotatable bonds is 4. The average molecular weight is 236 g/mol. The van der Waals surface area contributed by atoms with Crippen LogP contribution in [0.1, 0.15) is 10.4 Å². The lowest BCUT2D eigenvalue weighted by atomic mass is 10.2. The monoisotopic (exact) mass is 236 g/mol. The Morgan fingerprint density at radius 3 is 2.87 bits per heavy atom. The van der Waals surface area contributed by atoms with E-state index in [-0.39, 0.29) is 6.61 Å². The molecule has 0 amide bonds. The standard InChI is InChI=1S/C12H12OS2/c13-8-10-3-1-4-11(7-10)15-9-12-5-2-6-14-12/h1-7,13H,8-9H2. The number of benzene rings is 1. The van der Waals surface area contributed by atoms with Gasteiger partial charge in [0.2, 0.25) is 0 Å². The molecule has 2 rings (SSSR count). The molecule has 0 bridgehead atoms. The van der Waals surface area contributed by atoms with Gasteiger partial charge in [0.25, 0.3) is 0 Å². The lowest BCUT2D eigenvalue weighted by Gasteiger charge is -2.01. The summed E-state index contributed by atoms with van der Waals surface area (Å²) in [5.41, 5.74) is 0.978. The molecule has 15 heavy (non-hydrogen) atoms. The molecule has 0 saturated carbocycles. The summed E-state index contributed by atoms with van der Waals surface area (Å²) in [5, 5.41) is 11.1. The fraction of sp³-hybridized carbons (Fsp3) is 0.167. The van der Waals surface area contributed by atoms with Gasteiger partial charge in [0.05, 0.1) is 6.61 Å². The minimum Gasteiger partial charge on any atom is -0.392 e. The van der Waals surface area contributed by atoms with Crippen LogP contribution in [0.5, 0.6) is 0 Å². The second kappa shape index (κ2) is 5.35. The van der Waals surface area contributed by atoms with E-state index in [0.717, 1.165) is 11.3 Å². The molecule has 1 nitrogen and oxygen atoms in total. The lowest BCUT2D eigenvalue weighted by molar-refractivity contribution is 0.281. The fourth-order valence-corrected chi connectivity index (χ4v) is 3.04. The second-order valence-corrected chi connectivity index (χ2v) is 5.25. The molecule has 0 aliphatic carbocycles. The summed E-state index contributed by atoms with van der Waals surface area (Å²) < 4.78 is 0. The molecule has 1 N–H and O–H groups in total. The third-order valence-electron chi connectivity index (χ3n) is 2.04. The topological polar surface area (TPSA) is 20.2 Å². The molecule has 0 unspecified atom stereocenters. The van der Waals surface area contributed by atoms with Crippen molar-refractivity contribution in [3.63, 3.8) is 0 Å². The van der Waals surface area contributed by atoms with Gasteiger partial charge < -0.3 is 5.11 Å². The van der Waals surface area contributed by atoms with Crippen molar-refractivity contribution in [2.45, 2.75) is 17.3 Å². The van der Waals surface area contributed by atoms with E-state index in [4.69, 9.17) is 5.11 Å². The maximum absolute atomic E-state index is 9.01. The van der Waals surface area contributed by atoms with Crippen molar-refractivity contribution in [1.82, 2.24) is 0 Å². The summed E-state index contributed by atoms with van der Waals surface area (Å²) >= 11 is 3.59. The first-order valence-corrected chi connectivity index (χ1v) is 6.60. The Hall–Kier alpha value is -0.770. The van der Waals surface area contributed by atoms with Crippen LogP contribution < -0.4 is 0 Å². The van der Waals surface area contributed by atoms with Gasteiger partial charge in [-0.15, -0.1) is 23.1 Å². The van der Waals surface area contributed by atoms with Crippen LogP contribution in [0.4, 0.5) is 0 Å². The number of thioether (sulfide) groups is 1. The molecule has 0 saturated heterocycles. The number of aliphatic hydroxyl groups is 1. The van der Waals surface area contributed by atoms with Crippen molar-refractivity contribution in [2.75, 3.05) is 0 Å². The zero-order chi connectivity index (χ0) is 10.5. The molecule has 1 aromatic carbocycles. The molecule has 2 aromatic rings. The summed E-state index contributed by atoms with van der Waals surface area (Å²) in [6.07, 6.45) is 0. The molecule has 78 valence electrons. The minimum absolute atomic E-state index is 0.118. The molecule has 0 radical (unpaired) electrons. The third-order valence-corrected chi connectivity index (χ3v) is 4.14. The Labute approximate surface area is 97.8 Å². The van der Waals surface area contributed by atoms with Gasteiger partial charge in [-0.05, 0) is 29.1 Å². The van der Waals surface area contributed by atoms with Crippen LogP contribution in [0.25, 0.3) is 0 Å². The maximum Gasteiger partial charge on any atom is 0.0682 e. The molecular weight excluding hydrogens is 224 g/mol. The molecule has 0 fully saturated rings. The normalized spacial score (nSPS) is 10.5. The van der Waals surface area contributed by atoms with Crippen LogP contribution in [0.15, 0.2) is 46.7 Å². The largest absolute Gasteiger partial charge is 0.392 e. The summed E-state index contributed by atoms with van der Waals surface area (Å²) in [4.78, 5) is 2.60. The van der Waals surface area contributed by atoms with Gasteiger partial charge in [-0.1, -0.05) is 18.2 Å². The van der Waals surface area contributed by atoms with Crippen LogP contribution in [-0.4, -0.2) is 5.11 Å². The molecule has 3 heteroatoms. The Balaban J connectivity index is 1.98. The minimum atomic E-state index is 0.118. The fourth-order valence-electron chi connectivity index (χ4n) is 1.28. The number of thiophene rings is 1. The summed E-state index contributed by atoms with van der Waals surface area (Å²) in [7, 11) is 0. The molecule has 0 spiro atoms. The first-order valence-electron chi connectivity index (χ1n) is 4.73. The van der Waals surface area contributed by atoms with E-state index in [9.17, 15) is 0 Å². The van der Waals surface area contributed by atoms with Crippen molar-refractivity contribution >= 4 is 23.1 Å². The predicted octanol–water partition coefficient (Wildman–Crippen LogP) is 3.53. The third kappa shape index (κ3) is 3.09. The van der Waals surface area contributed by atoms with Gasteiger partial charge in [-0.3, -0.25) is 0 Å². The van der Waals surface area contributed by atoms with Gasteiger partial charge in [0.1, 0.15) is 0 Å². The summed E-state index contributed by atoms with van der Waals surface area (Å²) in [5.74, 6) is 1.01. The van der Waals surface area contributed by atoms with Crippen molar-refractivity contribution in [2.24, 2.45) is 0 Å². The van der Waals surface area contributed by atoms with E-state index in [1.807, 2.05) is 18.2 Å². The highest BCUT2D eigenvalue weighted by Crippen LogP contribution is 2.25. The van der Waals surface area contributed by atoms with Crippen LogP contribution in [0.3, 0.4) is 0 Å². The first-order chi connectivity index (χ1) is 7.38. The zero-order valence-corrected chi connectivity index (χ0v) is 9.85. The van der Waals surface area contributed by atoms with Crippen LogP contribution >= 0.6 is 23.1 Å². The number of aliphatic hydroxyl groups excluding tert-OH is 1. The Bertz CT molecular complexity index is 409. The molecule has 1 aromatic heterocycles. The van der Waals surface area contributed by atoms with E-state index in [2.05, 4.69) is 23.6 Å². The first kappa shape index (κ1) is 10.7. The van der Waals surface area contributed by atoms with Gasteiger partial charge >= 0.3 is 0 Å². The summed E-state index contributed by atoms with van der Waals surface area (Å²) in [6.45, 7) is 0.118. The lowest BCUT2D eigenvalue weighted by Crippen LogP contribution is -1.82. The van der Waals surface area contributed by atoms with Gasteiger partial charge in [-0.25, -0.2) is 0 Å². The van der Waals surface area contributed by atoms with Crippen LogP contribution in [0.2, 0.25) is 0 Å². The van der Waals surface area contributed by atoms with E-state index in [1.165, 1.54) is 9.77 Å². The predicted molar refractivity (Wildman–Crippen MR) is 66.2 cm³/mol. The Kier molecular flexibility index (Phi) is 3.83. The maximum atomic E-state index is 9.01. The van der Waals surface area contributed by atoms with Crippen molar-refractivity contribution in [3.8, 4) is 0 Å². The summed E-state index contributed by atoms with van der Waals surface area (Å²) in [6, 6.07) is 12.3. The molecular formula is C12H12OS2. The zero-order valence-electron chi connectivity index (χ0n) is 8.22. The van der Waals surface area contributed by atoms with E-state index < -0.39 is 0 Å². The highest BCUT2D eigenvalue weighted by molar-refractivity contribution is 7.98. The van der Waals surface area contributed by atoms with Crippen molar-refractivity contribution in [1.29, 1.82) is 0 Å². The van der Waals surface area contributed by atoms with Crippen molar-refractivity contribution in [3.05, 3.63) is 52.2 Å². The molecule has 0 atom stereocenters. The van der Waals surface area contributed by atoms with Gasteiger partial charge in [0.15, 0.2) is 0 Å². The number of hydrogen-bond donors (Lipinski definition) is 1. The van der Waals surface area contributed by atoms with Gasteiger partial charge in [0, 0.05) is 15.5 Å². The van der Waals surface area contributed by atoms with Crippen LogP contribution in [-0.2, 0) is 12.4 Å². The quantitative estimate of drug-likeness (QED) is 0.819. The Morgan fingerprint density at radius 1 is 1.20 bits per heavy atom. The Morgan fingerprint density at radius 2 is 2.13 bits per heavy atom. The molecule has 0 aliphatic rings. The SMILES string of the molecule is OCc1cccc(SCc2cccs2)c1. The van der Waals surface area contributed by atoms with Gasteiger partial charge in [-0.2, -0.15) is 0 Å².